The van der Waals surface area contributed by atoms with Gasteiger partial charge in [-0.2, -0.15) is 15.4 Å². The number of thioether (sulfide) groups is 1. The molecular weight excluding hydrogens is 236 g/mol. The maximum absolute atomic E-state index is 11.8. The summed E-state index contributed by atoms with van der Waals surface area (Å²) >= 11 is 1.63. The highest BCUT2D eigenvalue weighted by atomic mass is 32.2. The summed E-state index contributed by atoms with van der Waals surface area (Å²) in [5, 5.41) is 12.6. The number of rotatable bonds is 3. The molecule has 2 aromatic rings. The van der Waals surface area contributed by atoms with Gasteiger partial charge in [-0.15, -0.1) is 11.8 Å². The Kier molecular flexibility index (Phi) is 3.43. The van der Waals surface area contributed by atoms with Crippen molar-refractivity contribution in [3.63, 3.8) is 0 Å². The van der Waals surface area contributed by atoms with Gasteiger partial charge in [-0.05, 0) is 30.9 Å². The minimum atomic E-state index is -0.264. The van der Waals surface area contributed by atoms with Crippen LogP contribution >= 0.6 is 11.8 Å². The van der Waals surface area contributed by atoms with Crippen molar-refractivity contribution in [2.75, 3.05) is 11.6 Å². The van der Waals surface area contributed by atoms with E-state index in [4.69, 9.17) is 0 Å². The average Bonchev–Trinajstić information content (AvgIpc) is 2.85. The molecule has 0 saturated heterocycles. The highest BCUT2D eigenvalue weighted by Gasteiger charge is 2.10. The number of nitrogens with one attached hydrogen (secondary N) is 2. The van der Waals surface area contributed by atoms with Crippen molar-refractivity contribution in [3.05, 3.63) is 35.7 Å². The summed E-state index contributed by atoms with van der Waals surface area (Å²) in [5.74, 6) is -0.264. The van der Waals surface area contributed by atoms with Gasteiger partial charge in [-0.25, -0.2) is 0 Å². The highest BCUT2D eigenvalue weighted by molar-refractivity contribution is 7.98. The molecule has 5 nitrogen and oxygen atoms in total. The number of carbonyl (C=O) groups is 1. The molecular formula is C11H12N4OS. The number of aromatic nitrogens is 3. The van der Waals surface area contributed by atoms with E-state index in [9.17, 15) is 4.79 Å². The second kappa shape index (κ2) is 5.01. The van der Waals surface area contributed by atoms with Gasteiger partial charge in [0, 0.05) is 10.6 Å². The molecule has 0 aliphatic heterocycles. The van der Waals surface area contributed by atoms with Crippen LogP contribution < -0.4 is 5.32 Å². The second-order valence-electron chi connectivity index (χ2n) is 3.49. The monoisotopic (exact) mass is 248 g/mol. The quantitative estimate of drug-likeness (QED) is 0.816. The minimum absolute atomic E-state index is 0.264. The first-order valence-corrected chi connectivity index (χ1v) is 6.25. The summed E-state index contributed by atoms with van der Waals surface area (Å²) in [6.45, 7) is 1.95. The molecule has 0 unspecified atom stereocenters. The first kappa shape index (κ1) is 11.7. The smallest absolute Gasteiger partial charge is 0.277 e. The first-order valence-electron chi connectivity index (χ1n) is 5.02. The first-order chi connectivity index (χ1) is 8.20. The summed E-state index contributed by atoms with van der Waals surface area (Å²) in [6.07, 6.45) is 3.39. The van der Waals surface area contributed by atoms with Crippen molar-refractivity contribution >= 4 is 23.4 Å². The largest absolute Gasteiger partial charge is 0.320 e. The average molecular weight is 248 g/mol. The number of carbonyl (C=O) groups excluding carboxylic acids is 1. The normalized spacial score (nSPS) is 10.2. The van der Waals surface area contributed by atoms with Crippen LogP contribution in [-0.4, -0.2) is 27.6 Å². The molecule has 0 spiro atoms. The van der Waals surface area contributed by atoms with E-state index in [0.717, 1.165) is 16.1 Å². The second-order valence-corrected chi connectivity index (χ2v) is 4.37. The van der Waals surface area contributed by atoms with Crippen LogP contribution in [0, 0.1) is 6.92 Å². The van der Waals surface area contributed by atoms with E-state index in [0.29, 0.717) is 0 Å². The summed E-state index contributed by atoms with van der Waals surface area (Å²) < 4.78 is 0. The van der Waals surface area contributed by atoms with Gasteiger partial charge in [0.15, 0.2) is 5.69 Å². The predicted molar refractivity (Wildman–Crippen MR) is 67.3 cm³/mol. The topological polar surface area (TPSA) is 70.7 Å². The van der Waals surface area contributed by atoms with Crippen LogP contribution in [0.3, 0.4) is 0 Å². The molecule has 6 heteroatoms. The Morgan fingerprint density at radius 2 is 2.29 bits per heavy atom. The molecule has 0 aliphatic carbocycles. The number of aromatic amines is 1. The van der Waals surface area contributed by atoms with Crippen LogP contribution in [0.5, 0.6) is 0 Å². The van der Waals surface area contributed by atoms with Crippen molar-refractivity contribution in [2.45, 2.75) is 11.8 Å². The van der Waals surface area contributed by atoms with E-state index in [-0.39, 0.29) is 11.6 Å². The van der Waals surface area contributed by atoms with Gasteiger partial charge < -0.3 is 5.32 Å². The summed E-state index contributed by atoms with van der Waals surface area (Å²) in [5.41, 5.74) is 2.09. The number of benzene rings is 1. The van der Waals surface area contributed by atoms with Crippen LogP contribution in [0.15, 0.2) is 29.3 Å². The Morgan fingerprint density at radius 3 is 2.94 bits per heavy atom. The summed E-state index contributed by atoms with van der Waals surface area (Å²) in [6, 6.07) is 5.94. The number of amides is 1. The van der Waals surface area contributed by atoms with Crippen molar-refractivity contribution in [1.29, 1.82) is 0 Å². The van der Waals surface area contributed by atoms with Gasteiger partial charge in [0.25, 0.3) is 5.91 Å². The number of H-pyrrole nitrogens is 1. The van der Waals surface area contributed by atoms with Crippen LogP contribution in [0.1, 0.15) is 16.1 Å². The fraction of sp³-hybridized carbons (Fsp3) is 0.182. The van der Waals surface area contributed by atoms with E-state index in [1.165, 1.54) is 6.20 Å². The highest BCUT2D eigenvalue weighted by Crippen LogP contribution is 2.23. The van der Waals surface area contributed by atoms with E-state index in [1.807, 2.05) is 31.4 Å². The van der Waals surface area contributed by atoms with Crippen molar-refractivity contribution < 1.29 is 4.79 Å². The molecule has 0 bridgehead atoms. The third-order valence-corrected chi connectivity index (χ3v) is 3.07. The number of aryl methyl sites for hydroxylation is 1. The molecule has 0 saturated carbocycles. The van der Waals surface area contributed by atoms with Gasteiger partial charge in [0.2, 0.25) is 0 Å². The molecule has 1 aromatic carbocycles. The number of hydrogen-bond donors (Lipinski definition) is 2. The van der Waals surface area contributed by atoms with Crippen molar-refractivity contribution in [2.24, 2.45) is 0 Å². The lowest BCUT2D eigenvalue weighted by atomic mass is 10.2. The molecule has 1 amide bonds. The predicted octanol–water partition coefficient (Wildman–Crippen LogP) is 2.09. The summed E-state index contributed by atoms with van der Waals surface area (Å²) in [4.78, 5) is 12.9. The SMILES string of the molecule is CSc1ccc(C)c(NC(=O)c2cn[nH]n2)c1. The maximum Gasteiger partial charge on any atom is 0.277 e. The molecule has 0 radical (unpaired) electrons. The van der Waals surface area contributed by atoms with E-state index < -0.39 is 0 Å². The van der Waals surface area contributed by atoms with Crippen LogP contribution in [0.2, 0.25) is 0 Å². The van der Waals surface area contributed by atoms with Crippen LogP contribution in [0.25, 0.3) is 0 Å². The third-order valence-electron chi connectivity index (χ3n) is 2.34. The fourth-order valence-corrected chi connectivity index (χ4v) is 1.80. The molecule has 2 N–H and O–H groups in total. The van der Waals surface area contributed by atoms with Gasteiger partial charge in [-0.3, -0.25) is 4.79 Å². The molecule has 2 rings (SSSR count). The molecule has 0 atom stereocenters. The molecule has 0 aliphatic rings. The maximum atomic E-state index is 11.8. The van der Waals surface area contributed by atoms with Crippen LogP contribution in [-0.2, 0) is 0 Å². The Morgan fingerprint density at radius 1 is 1.47 bits per heavy atom. The zero-order valence-electron chi connectivity index (χ0n) is 9.52. The molecule has 1 aromatic heterocycles. The van der Waals surface area contributed by atoms with Crippen molar-refractivity contribution in [3.8, 4) is 0 Å². The molecule has 88 valence electrons. The van der Waals surface area contributed by atoms with Gasteiger partial charge >= 0.3 is 0 Å². The lowest BCUT2D eigenvalue weighted by Crippen LogP contribution is -2.13. The Labute approximate surface area is 103 Å². The lowest BCUT2D eigenvalue weighted by Gasteiger charge is -2.08. The lowest BCUT2D eigenvalue weighted by molar-refractivity contribution is 0.102. The van der Waals surface area contributed by atoms with Gasteiger partial charge in [0.05, 0.1) is 6.20 Å². The standard InChI is InChI=1S/C11H12N4OS/c1-7-3-4-8(17-2)5-9(7)13-11(16)10-6-12-15-14-10/h3-6H,1-2H3,(H,13,16)(H,12,14,15). The number of hydrogen-bond acceptors (Lipinski definition) is 4. The minimum Gasteiger partial charge on any atom is -0.320 e. The summed E-state index contributed by atoms with van der Waals surface area (Å²) in [7, 11) is 0. The van der Waals surface area contributed by atoms with E-state index in [1.54, 1.807) is 11.8 Å². The Balaban J connectivity index is 2.21. The Hall–Kier alpha value is -1.82. The van der Waals surface area contributed by atoms with Gasteiger partial charge in [-0.1, -0.05) is 6.07 Å². The Bertz CT molecular complexity index is 524. The van der Waals surface area contributed by atoms with E-state index in [2.05, 4.69) is 20.7 Å². The molecule has 1 heterocycles. The number of nitrogens with zero attached hydrogens (tertiary/aromatic N) is 2. The van der Waals surface area contributed by atoms with Gasteiger partial charge in [0.1, 0.15) is 0 Å². The van der Waals surface area contributed by atoms with Crippen molar-refractivity contribution in [1.82, 2.24) is 15.4 Å². The molecule has 17 heavy (non-hydrogen) atoms. The zero-order valence-corrected chi connectivity index (χ0v) is 10.3. The fourth-order valence-electron chi connectivity index (χ4n) is 1.36. The number of anilines is 1. The third kappa shape index (κ3) is 2.65. The zero-order chi connectivity index (χ0) is 12.3. The van der Waals surface area contributed by atoms with E-state index >= 15 is 0 Å². The van der Waals surface area contributed by atoms with Crippen LogP contribution in [0.4, 0.5) is 5.69 Å². The molecule has 0 fully saturated rings.